The van der Waals surface area contributed by atoms with E-state index < -0.39 is 6.36 Å². The summed E-state index contributed by atoms with van der Waals surface area (Å²) >= 11 is 0. The molecule has 0 heterocycles. The van der Waals surface area contributed by atoms with Crippen LogP contribution in [0.2, 0.25) is 0 Å². The summed E-state index contributed by atoms with van der Waals surface area (Å²) in [6.07, 6.45) is 10.0. The van der Waals surface area contributed by atoms with Crippen LogP contribution < -0.4 is 4.74 Å². The Bertz CT molecular complexity index is 550. The summed E-state index contributed by atoms with van der Waals surface area (Å²) in [5.74, 6) is 3.53. The molecule has 4 heteroatoms. The van der Waals surface area contributed by atoms with Crippen LogP contribution in [-0.4, -0.2) is 6.36 Å². The third-order valence-corrected chi connectivity index (χ3v) is 7.03. The molecule has 152 valence electrons. The van der Waals surface area contributed by atoms with Crippen molar-refractivity contribution in [3.8, 4) is 5.75 Å². The maximum Gasteiger partial charge on any atom is 0.573 e. The van der Waals surface area contributed by atoms with Crippen LogP contribution >= 0.6 is 0 Å². The quantitative estimate of drug-likeness (QED) is 0.494. The van der Waals surface area contributed by atoms with Crippen LogP contribution in [0, 0.1) is 23.7 Å². The molecule has 0 bridgehead atoms. The van der Waals surface area contributed by atoms with E-state index in [4.69, 9.17) is 0 Å². The third kappa shape index (κ3) is 6.43. The van der Waals surface area contributed by atoms with Gasteiger partial charge in [0, 0.05) is 0 Å². The van der Waals surface area contributed by atoms with Gasteiger partial charge in [-0.3, -0.25) is 0 Å². The molecule has 0 unspecified atom stereocenters. The molecule has 0 aliphatic heterocycles. The van der Waals surface area contributed by atoms with E-state index >= 15 is 0 Å². The first-order chi connectivity index (χ1) is 12.9. The minimum atomic E-state index is -4.62. The van der Waals surface area contributed by atoms with E-state index in [2.05, 4.69) is 11.7 Å². The van der Waals surface area contributed by atoms with E-state index in [1.807, 2.05) is 0 Å². The molecular formula is C23H33F3O. The molecule has 0 atom stereocenters. The fourth-order valence-electron chi connectivity index (χ4n) is 5.24. The SMILES string of the molecule is CC[C@H]1CC[C@H]([C@H]2CC[C@H](CCc3ccc(OC(F)(F)F)cc3)CC2)CC1. The van der Waals surface area contributed by atoms with E-state index in [0.717, 1.165) is 42.1 Å². The lowest BCUT2D eigenvalue weighted by Crippen LogP contribution is -2.25. The zero-order valence-electron chi connectivity index (χ0n) is 16.4. The molecule has 2 fully saturated rings. The van der Waals surface area contributed by atoms with Crippen LogP contribution in [0.5, 0.6) is 5.75 Å². The summed E-state index contributed by atoms with van der Waals surface area (Å²) in [6, 6.07) is 6.37. The second-order valence-electron chi connectivity index (χ2n) is 8.70. The first-order valence-corrected chi connectivity index (χ1v) is 10.8. The Balaban J connectivity index is 1.37. The highest BCUT2D eigenvalue weighted by Gasteiger charge is 2.31. The first-order valence-electron chi connectivity index (χ1n) is 10.8. The average molecular weight is 383 g/mol. The zero-order valence-corrected chi connectivity index (χ0v) is 16.4. The van der Waals surface area contributed by atoms with Gasteiger partial charge in [-0.25, -0.2) is 0 Å². The van der Waals surface area contributed by atoms with Crippen LogP contribution in [0.1, 0.15) is 76.7 Å². The smallest absolute Gasteiger partial charge is 0.406 e. The van der Waals surface area contributed by atoms with Crippen molar-refractivity contribution in [1.29, 1.82) is 0 Å². The average Bonchev–Trinajstić information content (AvgIpc) is 2.67. The molecule has 3 rings (SSSR count). The van der Waals surface area contributed by atoms with Gasteiger partial charge < -0.3 is 4.74 Å². The predicted molar refractivity (Wildman–Crippen MR) is 103 cm³/mol. The molecule has 0 N–H and O–H groups in total. The Kier molecular flexibility index (Phi) is 7.10. The van der Waals surface area contributed by atoms with Gasteiger partial charge in [-0.15, -0.1) is 13.2 Å². The number of aryl methyl sites for hydroxylation is 1. The Labute approximate surface area is 161 Å². The molecule has 0 radical (unpaired) electrons. The highest BCUT2D eigenvalue weighted by Crippen LogP contribution is 2.42. The van der Waals surface area contributed by atoms with Crippen molar-refractivity contribution in [2.45, 2.75) is 83.9 Å². The van der Waals surface area contributed by atoms with Gasteiger partial charge in [0.05, 0.1) is 0 Å². The maximum absolute atomic E-state index is 12.2. The van der Waals surface area contributed by atoms with Gasteiger partial charge in [0.2, 0.25) is 0 Å². The van der Waals surface area contributed by atoms with Crippen LogP contribution in [0.4, 0.5) is 13.2 Å². The van der Waals surface area contributed by atoms with Gasteiger partial charge in [-0.1, -0.05) is 51.2 Å². The van der Waals surface area contributed by atoms with Crippen LogP contribution in [0.25, 0.3) is 0 Å². The Morgan fingerprint density at radius 3 is 1.81 bits per heavy atom. The molecular weight excluding hydrogens is 349 g/mol. The molecule has 1 aromatic rings. The number of alkyl halides is 3. The molecule has 2 aliphatic carbocycles. The van der Waals surface area contributed by atoms with E-state index in [1.165, 1.54) is 69.9 Å². The number of hydrogen-bond acceptors (Lipinski definition) is 1. The van der Waals surface area contributed by atoms with Gasteiger partial charge in [0.1, 0.15) is 5.75 Å². The molecule has 0 amide bonds. The summed E-state index contributed by atoms with van der Waals surface area (Å²) < 4.78 is 40.6. The summed E-state index contributed by atoms with van der Waals surface area (Å²) in [5, 5.41) is 0. The lowest BCUT2D eigenvalue weighted by molar-refractivity contribution is -0.274. The van der Waals surface area contributed by atoms with Gasteiger partial charge >= 0.3 is 6.36 Å². The van der Waals surface area contributed by atoms with Crippen molar-refractivity contribution in [3.63, 3.8) is 0 Å². The van der Waals surface area contributed by atoms with Crippen LogP contribution in [-0.2, 0) is 6.42 Å². The van der Waals surface area contributed by atoms with Gasteiger partial charge in [0.25, 0.3) is 0 Å². The Morgan fingerprint density at radius 2 is 1.33 bits per heavy atom. The van der Waals surface area contributed by atoms with E-state index in [1.54, 1.807) is 12.1 Å². The van der Waals surface area contributed by atoms with Crippen molar-refractivity contribution in [1.82, 2.24) is 0 Å². The van der Waals surface area contributed by atoms with Crippen molar-refractivity contribution in [2.75, 3.05) is 0 Å². The summed E-state index contributed by atoms with van der Waals surface area (Å²) in [7, 11) is 0. The summed E-state index contributed by atoms with van der Waals surface area (Å²) in [6.45, 7) is 2.33. The minimum Gasteiger partial charge on any atom is -0.406 e. The van der Waals surface area contributed by atoms with Crippen molar-refractivity contribution < 1.29 is 17.9 Å². The number of benzene rings is 1. The fraction of sp³-hybridized carbons (Fsp3) is 0.739. The standard InChI is InChI=1S/C23H33F3O/c1-2-17-5-11-20(12-6-17)21-13-7-18(8-14-21)3-4-19-9-15-22(16-10-19)27-23(24,25)26/h9-10,15-18,20-21H,2-8,11-14H2,1H3/t17-,18-,20-,21-. The van der Waals surface area contributed by atoms with E-state index in [0.29, 0.717) is 0 Å². The number of ether oxygens (including phenoxy) is 1. The number of halogens is 3. The highest BCUT2D eigenvalue weighted by molar-refractivity contribution is 5.27. The van der Waals surface area contributed by atoms with Crippen molar-refractivity contribution >= 4 is 0 Å². The lowest BCUT2D eigenvalue weighted by atomic mass is 9.68. The maximum atomic E-state index is 12.2. The summed E-state index contributed by atoms with van der Waals surface area (Å²) in [5.41, 5.74) is 1.10. The molecule has 2 saturated carbocycles. The number of hydrogen-bond donors (Lipinski definition) is 0. The molecule has 1 nitrogen and oxygen atoms in total. The molecule has 0 saturated heterocycles. The Morgan fingerprint density at radius 1 is 0.815 bits per heavy atom. The normalized spacial score (nSPS) is 29.5. The lowest BCUT2D eigenvalue weighted by Gasteiger charge is -2.37. The Hall–Kier alpha value is -1.19. The zero-order chi connectivity index (χ0) is 19.3. The molecule has 27 heavy (non-hydrogen) atoms. The molecule has 1 aromatic carbocycles. The minimum absolute atomic E-state index is 0.135. The largest absolute Gasteiger partial charge is 0.573 e. The van der Waals surface area contributed by atoms with Crippen molar-refractivity contribution in [2.24, 2.45) is 23.7 Å². The predicted octanol–water partition coefficient (Wildman–Crippen LogP) is 7.54. The number of rotatable bonds is 6. The molecule has 0 aromatic heterocycles. The molecule has 0 spiro atoms. The van der Waals surface area contributed by atoms with Crippen LogP contribution in [0.3, 0.4) is 0 Å². The van der Waals surface area contributed by atoms with Gasteiger partial charge in [-0.05, 0) is 79.9 Å². The second kappa shape index (κ2) is 9.34. The highest BCUT2D eigenvalue weighted by atomic mass is 19.4. The monoisotopic (exact) mass is 382 g/mol. The second-order valence-corrected chi connectivity index (χ2v) is 8.70. The first kappa shape index (κ1) is 20.5. The third-order valence-electron chi connectivity index (χ3n) is 7.03. The summed E-state index contributed by atoms with van der Waals surface area (Å²) in [4.78, 5) is 0. The van der Waals surface area contributed by atoms with Crippen molar-refractivity contribution in [3.05, 3.63) is 29.8 Å². The van der Waals surface area contributed by atoms with Gasteiger partial charge in [-0.2, -0.15) is 0 Å². The van der Waals surface area contributed by atoms with E-state index in [9.17, 15) is 13.2 Å². The molecule has 2 aliphatic rings. The topological polar surface area (TPSA) is 9.23 Å². The van der Waals surface area contributed by atoms with Gasteiger partial charge in [0.15, 0.2) is 0 Å². The van der Waals surface area contributed by atoms with Crippen LogP contribution in [0.15, 0.2) is 24.3 Å². The fourth-order valence-corrected chi connectivity index (χ4v) is 5.24. The van der Waals surface area contributed by atoms with E-state index in [-0.39, 0.29) is 5.75 Å².